The highest BCUT2D eigenvalue weighted by Gasteiger charge is 2.25. The van der Waals surface area contributed by atoms with E-state index in [0.717, 1.165) is 24.5 Å². The summed E-state index contributed by atoms with van der Waals surface area (Å²) in [5.74, 6) is 0.829. The molecule has 1 aliphatic rings. The molecule has 0 aromatic carbocycles. The summed E-state index contributed by atoms with van der Waals surface area (Å²) in [6.45, 7) is 9.53. The van der Waals surface area contributed by atoms with Gasteiger partial charge in [0.1, 0.15) is 0 Å². The molecule has 0 amide bonds. The van der Waals surface area contributed by atoms with E-state index in [2.05, 4.69) is 38.0 Å². The van der Waals surface area contributed by atoms with Crippen LogP contribution in [0.15, 0.2) is 0 Å². The zero-order valence-corrected chi connectivity index (χ0v) is 12.3. The molecule has 1 fully saturated rings. The van der Waals surface area contributed by atoms with Crippen LogP contribution >= 0.6 is 0 Å². The Balaban J connectivity index is 2.44. The highest BCUT2D eigenvalue weighted by atomic mass is 15.2. The summed E-state index contributed by atoms with van der Waals surface area (Å²) in [7, 11) is 2.06. The zero-order chi connectivity index (χ0) is 12.7. The largest absolute Gasteiger partial charge is 0.320 e. The average Bonchev–Trinajstić information content (AvgIpc) is 2.79. The van der Waals surface area contributed by atoms with E-state index in [-0.39, 0.29) is 0 Å². The Morgan fingerprint density at radius 2 is 1.76 bits per heavy atom. The lowest BCUT2D eigenvalue weighted by Gasteiger charge is -2.35. The molecule has 2 heteroatoms. The molecule has 1 atom stereocenters. The van der Waals surface area contributed by atoms with Crippen molar-refractivity contribution in [1.82, 2.24) is 10.2 Å². The van der Waals surface area contributed by atoms with Crippen LogP contribution in [0.2, 0.25) is 0 Å². The molecular weight excluding hydrogens is 208 g/mol. The Kier molecular flexibility index (Phi) is 7.14. The van der Waals surface area contributed by atoms with Crippen LogP contribution in [0.5, 0.6) is 0 Å². The molecule has 0 bridgehead atoms. The lowest BCUT2D eigenvalue weighted by Crippen LogP contribution is -2.42. The lowest BCUT2D eigenvalue weighted by atomic mass is 10.1. The van der Waals surface area contributed by atoms with Crippen LogP contribution in [0.4, 0.5) is 0 Å². The predicted molar refractivity (Wildman–Crippen MR) is 76.4 cm³/mol. The summed E-state index contributed by atoms with van der Waals surface area (Å²) in [6.07, 6.45) is 8.39. The summed E-state index contributed by atoms with van der Waals surface area (Å²) in [6, 6.07) is 1.62. The first-order chi connectivity index (χ1) is 8.15. The molecule has 0 saturated heterocycles. The van der Waals surface area contributed by atoms with Gasteiger partial charge in [-0.25, -0.2) is 0 Å². The smallest absolute Gasteiger partial charge is 0.00980 e. The van der Waals surface area contributed by atoms with Gasteiger partial charge in [0, 0.05) is 12.1 Å². The second-order valence-electron chi connectivity index (χ2n) is 6.10. The van der Waals surface area contributed by atoms with Crippen molar-refractivity contribution in [2.75, 3.05) is 20.1 Å². The van der Waals surface area contributed by atoms with Gasteiger partial charge in [-0.3, -0.25) is 4.90 Å². The first-order valence-electron chi connectivity index (χ1n) is 7.55. The molecule has 0 aliphatic heterocycles. The third-order valence-corrected chi connectivity index (χ3v) is 4.14. The third-order valence-electron chi connectivity index (χ3n) is 4.14. The molecular formula is C15H32N2. The minimum Gasteiger partial charge on any atom is -0.320 e. The molecule has 1 saturated carbocycles. The number of nitrogens with one attached hydrogen (secondary N) is 1. The topological polar surface area (TPSA) is 15.3 Å². The molecule has 0 aromatic rings. The van der Waals surface area contributed by atoms with Crippen LogP contribution in [0.3, 0.4) is 0 Å². The van der Waals surface area contributed by atoms with Crippen LogP contribution < -0.4 is 5.32 Å². The molecule has 1 rings (SSSR count). The summed E-state index contributed by atoms with van der Waals surface area (Å²) in [5.41, 5.74) is 0. The Bertz CT molecular complexity index is 185. The van der Waals surface area contributed by atoms with E-state index >= 15 is 0 Å². The lowest BCUT2D eigenvalue weighted by molar-refractivity contribution is 0.131. The quantitative estimate of drug-likeness (QED) is 0.700. The molecule has 0 spiro atoms. The molecule has 0 radical (unpaired) electrons. The number of nitrogens with zero attached hydrogens (tertiary/aromatic N) is 1. The van der Waals surface area contributed by atoms with Crippen LogP contribution in [0.25, 0.3) is 0 Å². The van der Waals surface area contributed by atoms with E-state index in [4.69, 9.17) is 0 Å². The van der Waals surface area contributed by atoms with Crippen molar-refractivity contribution in [2.24, 2.45) is 5.92 Å². The van der Waals surface area contributed by atoms with Crippen LogP contribution in [0.1, 0.15) is 59.3 Å². The fraction of sp³-hybridized carbons (Fsp3) is 1.00. The monoisotopic (exact) mass is 240 g/mol. The summed E-state index contributed by atoms with van der Waals surface area (Å²) in [4.78, 5) is 2.80. The van der Waals surface area contributed by atoms with Crippen molar-refractivity contribution in [3.8, 4) is 0 Å². The molecule has 1 N–H and O–H groups in total. The summed E-state index contributed by atoms with van der Waals surface area (Å²) in [5, 5.41) is 3.28. The SMILES string of the molecule is CNCCC(C)N(CCC(C)C)C1CCCC1. The van der Waals surface area contributed by atoms with Gasteiger partial charge in [-0.15, -0.1) is 0 Å². The minimum atomic E-state index is 0.740. The summed E-state index contributed by atoms with van der Waals surface area (Å²) < 4.78 is 0. The van der Waals surface area contributed by atoms with Gasteiger partial charge in [-0.2, -0.15) is 0 Å². The predicted octanol–water partition coefficient (Wildman–Crippen LogP) is 3.28. The fourth-order valence-electron chi connectivity index (χ4n) is 2.93. The van der Waals surface area contributed by atoms with Crippen molar-refractivity contribution in [1.29, 1.82) is 0 Å². The maximum Gasteiger partial charge on any atom is 0.00980 e. The van der Waals surface area contributed by atoms with Crippen LogP contribution in [-0.4, -0.2) is 37.1 Å². The highest BCUT2D eigenvalue weighted by Crippen LogP contribution is 2.26. The van der Waals surface area contributed by atoms with E-state index in [1.165, 1.54) is 45.1 Å². The molecule has 1 unspecified atom stereocenters. The fourth-order valence-corrected chi connectivity index (χ4v) is 2.93. The van der Waals surface area contributed by atoms with Gasteiger partial charge >= 0.3 is 0 Å². The van der Waals surface area contributed by atoms with Gasteiger partial charge < -0.3 is 5.32 Å². The normalized spacial score (nSPS) is 19.4. The Hall–Kier alpha value is -0.0800. The Morgan fingerprint density at radius 1 is 1.12 bits per heavy atom. The first-order valence-corrected chi connectivity index (χ1v) is 7.55. The molecule has 0 aromatic heterocycles. The molecule has 0 heterocycles. The average molecular weight is 240 g/mol. The highest BCUT2D eigenvalue weighted by molar-refractivity contribution is 4.81. The van der Waals surface area contributed by atoms with E-state index in [9.17, 15) is 0 Å². The van der Waals surface area contributed by atoms with Gasteiger partial charge in [0.2, 0.25) is 0 Å². The molecule has 17 heavy (non-hydrogen) atoms. The minimum absolute atomic E-state index is 0.740. The van der Waals surface area contributed by atoms with Gasteiger partial charge in [0.25, 0.3) is 0 Å². The summed E-state index contributed by atoms with van der Waals surface area (Å²) >= 11 is 0. The second kappa shape index (κ2) is 8.10. The van der Waals surface area contributed by atoms with Crippen molar-refractivity contribution in [3.63, 3.8) is 0 Å². The second-order valence-corrected chi connectivity index (χ2v) is 6.10. The standard InChI is InChI=1S/C15H32N2/c1-13(2)10-12-17(14(3)9-11-16-4)15-7-5-6-8-15/h13-16H,5-12H2,1-4H3. The van der Waals surface area contributed by atoms with Gasteiger partial charge in [-0.1, -0.05) is 26.7 Å². The van der Waals surface area contributed by atoms with E-state index in [0.29, 0.717) is 0 Å². The maximum absolute atomic E-state index is 3.28. The van der Waals surface area contributed by atoms with Crippen LogP contribution in [0, 0.1) is 5.92 Å². The Morgan fingerprint density at radius 3 is 2.29 bits per heavy atom. The van der Waals surface area contributed by atoms with Crippen molar-refractivity contribution < 1.29 is 0 Å². The maximum atomic E-state index is 3.28. The van der Waals surface area contributed by atoms with Crippen molar-refractivity contribution >= 4 is 0 Å². The van der Waals surface area contributed by atoms with E-state index < -0.39 is 0 Å². The zero-order valence-electron chi connectivity index (χ0n) is 12.3. The van der Waals surface area contributed by atoms with Crippen molar-refractivity contribution in [3.05, 3.63) is 0 Å². The Labute approximate surface area is 108 Å². The molecule has 102 valence electrons. The third kappa shape index (κ3) is 5.39. The molecule has 2 nitrogen and oxygen atoms in total. The van der Waals surface area contributed by atoms with E-state index in [1.54, 1.807) is 0 Å². The van der Waals surface area contributed by atoms with E-state index in [1.807, 2.05) is 0 Å². The first kappa shape index (κ1) is 15.0. The van der Waals surface area contributed by atoms with Gasteiger partial charge in [0.15, 0.2) is 0 Å². The van der Waals surface area contributed by atoms with Crippen molar-refractivity contribution in [2.45, 2.75) is 71.4 Å². The van der Waals surface area contributed by atoms with Gasteiger partial charge in [0.05, 0.1) is 0 Å². The molecule has 1 aliphatic carbocycles. The number of rotatable bonds is 8. The number of hydrogen-bond acceptors (Lipinski definition) is 2. The number of hydrogen-bond donors (Lipinski definition) is 1. The van der Waals surface area contributed by atoms with Gasteiger partial charge in [-0.05, 0) is 58.7 Å². The van der Waals surface area contributed by atoms with Crippen LogP contribution in [-0.2, 0) is 0 Å².